The second-order valence-electron chi connectivity index (χ2n) is 19.6. The van der Waals surface area contributed by atoms with Gasteiger partial charge in [-0.05, 0) is 129 Å². The van der Waals surface area contributed by atoms with Gasteiger partial charge in [0.1, 0.15) is 24.0 Å². The Bertz CT molecular complexity index is 3850. The van der Waals surface area contributed by atoms with Crippen LogP contribution in [0.5, 0.6) is 11.5 Å². The van der Waals surface area contributed by atoms with Crippen molar-refractivity contribution in [2.24, 2.45) is 0 Å². The summed E-state index contributed by atoms with van der Waals surface area (Å²) in [7, 11) is 0. The lowest BCUT2D eigenvalue weighted by Gasteiger charge is -2.29. The van der Waals surface area contributed by atoms with Gasteiger partial charge in [0.25, 0.3) is 0 Å². The zero-order chi connectivity index (χ0) is 53.6. The van der Waals surface area contributed by atoms with Crippen LogP contribution in [-0.4, -0.2) is 16.2 Å². The Morgan fingerprint density at radius 3 is 1.87 bits per heavy atom. The lowest BCUT2D eigenvalue weighted by Crippen LogP contribution is -2.25. The SMILES string of the molecule is [2H]c1c([2H])c([2H])c(-c2cnc(-n3c4ccc(-c5ccccc5)cc4c4ccc(Oc5cccc(N6CN(c7cc(C(C)(C)C)cc(C(C)(C)C)c7)c7ccc(-c8ccccc8)cc76)c5)cc43)cc2C([2H])([2H])[2H])c([2H])c1[2H]. The van der Waals surface area contributed by atoms with Crippen LogP contribution in [0.25, 0.3) is 61.0 Å². The Hall–Kier alpha value is -7.89. The van der Waals surface area contributed by atoms with E-state index in [2.05, 4.69) is 142 Å². The molecule has 0 atom stereocenters. The summed E-state index contributed by atoms with van der Waals surface area (Å²) in [6, 6.07) is 53.1. The van der Waals surface area contributed by atoms with Gasteiger partial charge in [0.2, 0.25) is 0 Å². The first-order valence-electron chi connectivity index (χ1n) is 27.0. The number of ether oxygens (including phenoxy) is 1. The first-order valence-corrected chi connectivity index (χ1v) is 23.0. The fourth-order valence-electron chi connectivity index (χ4n) is 9.27. The fourth-order valence-corrected chi connectivity index (χ4v) is 9.27. The fraction of sp³-hybridized carbons (Fsp3) is 0.159. The van der Waals surface area contributed by atoms with Gasteiger partial charge < -0.3 is 14.5 Å². The molecule has 0 saturated heterocycles. The van der Waals surface area contributed by atoms with Crippen molar-refractivity contribution >= 4 is 44.6 Å². The van der Waals surface area contributed by atoms with Crippen LogP contribution in [0.4, 0.5) is 22.7 Å². The summed E-state index contributed by atoms with van der Waals surface area (Å²) in [5.41, 5.74) is 11.9. The first-order chi connectivity index (χ1) is 36.1. The first kappa shape index (κ1) is 34.4. The van der Waals surface area contributed by atoms with Gasteiger partial charge in [-0.1, -0.05) is 157 Å². The summed E-state index contributed by atoms with van der Waals surface area (Å²) in [4.78, 5) is 9.56. The van der Waals surface area contributed by atoms with E-state index < -0.39 is 37.1 Å². The Kier molecular flexibility index (Phi) is 8.49. The third kappa shape index (κ3) is 7.98. The van der Waals surface area contributed by atoms with Crippen LogP contribution in [0, 0.1) is 6.85 Å². The largest absolute Gasteiger partial charge is 0.457 e. The van der Waals surface area contributed by atoms with Crippen LogP contribution in [0.1, 0.15) is 69.2 Å². The zero-order valence-electron chi connectivity index (χ0n) is 47.1. The monoisotopic (exact) mass is 892 g/mol. The van der Waals surface area contributed by atoms with Gasteiger partial charge in [0.05, 0.1) is 29.3 Å². The maximum atomic E-state index is 8.71. The topological polar surface area (TPSA) is 33.5 Å². The molecule has 1 aliphatic heterocycles. The lowest BCUT2D eigenvalue weighted by atomic mass is 9.80. The molecule has 0 saturated carbocycles. The summed E-state index contributed by atoms with van der Waals surface area (Å²) in [5.74, 6) is 1.41. The molecule has 334 valence electrons. The number of hydrogen-bond acceptors (Lipinski definition) is 4. The normalized spacial score (nSPS) is 14.7. The van der Waals surface area contributed by atoms with Crippen LogP contribution < -0.4 is 14.5 Å². The summed E-state index contributed by atoms with van der Waals surface area (Å²) >= 11 is 0. The maximum Gasteiger partial charge on any atom is 0.137 e. The molecule has 0 bridgehead atoms. The van der Waals surface area contributed by atoms with Gasteiger partial charge in [-0.3, -0.25) is 4.57 Å². The molecule has 2 aromatic heterocycles. The minimum atomic E-state index is -2.75. The molecule has 0 unspecified atom stereocenters. The highest BCUT2D eigenvalue weighted by atomic mass is 16.5. The van der Waals surface area contributed by atoms with Gasteiger partial charge >= 0.3 is 0 Å². The third-order valence-corrected chi connectivity index (χ3v) is 13.0. The van der Waals surface area contributed by atoms with E-state index in [1.807, 2.05) is 71.3 Å². The highest BCUT2D eigenvalue weighted by molar-refractivity contribution is 6.10. The molecule has 0 N–H and O–H groups in total. The lowest BCUT2D eigenvalue weighted by molar-refractivity contribution is 0.483. The van der Waals surface area contributed by atoms with Gasteiger partial charge in [-0.2, -0.15) is 0 Å². The Morgan fingerprint density at radius 2 is 1.18 bits per heavy atom. The van der Waals surface area contributed by atoms with Crippen molar-refractivity contribution in [3.8, 4) is 50.7 Å². The van der Waals surface area contributed by atoms with E-state index >= 15 is 0 Å². The number of fused-ring (bicyclic) bond motifs is 4. The predicted molar refractivity (Wildman–Crippen MR) is 286 cm³/mol. The number of benzene rings is 8. The summed E-state index contributed by atoms with van der Waals surface area (Å²) in [5, 5.41) is 1.76. The van der Waals surface area contributed by atoms with Crippen molar-refractivity contribution < 1.29 is 15.7 Å². The van der Waals surface area contributed by atoms with Crippen molar-refractivity contribution in [2.45, 2.75) is 59.2 Å². The number of aryl methyl sites for hydroxylation is 1. The molecular weight excluding hydrogens is 829 g/mol. The zero-order valence-corrected chi connectivity index (χ0v) is 39.1. The van der Waals surface area contributed by atoms with Crippen LogP contribution in [0.2, 0.25) is 0 Å². The van der Waals surface area contributed by atoms with Crippen molar-refractivity contribution in [2.75, 3.05) is 16.5 Å². The molecule has 5 nitrogen and oxygen atoms in total. The van der Waals surface area contributed by atoms with E-state index in [-0.39, 0.29) is 33.3 Å². The highest BCUT2D eigenvalue weighted by Crippen LogP contribution is 2.48. The van der Waals surface area contributed by atoms with Crippen molar-refractivity contribution in [3.05, 3.63) is 217 Å². The van der Waals surface area contributed by atoms with Gasteiger partial charge in [0, 0.05) is 50.2 Å². The molecule has 3 heterocycles. The van der Waals surface area contributed by atoms with E-state index in [4.69, 9.17) is 20.7 Å². The third-order valence-electron chi connectivity index (χ3n) is 13.0. The number of aromatic nitrogens is 2. The van der Waals surface area contributed by atoms with E-state index in [9.17, 15) is 0 Å². The molecule has 8 aromatic carbocycles. The van der Waals surface area contributed by atoms with Crippen molar-refractivity contribution in [1.82, 2.24) is 9.55 Å². The Labute approximate surface area is 411 Å². The Balaban J connectivity index is 1.03. The number of nitrogens with zero attached hydrogens (tertiary/aromatic N) is 4. The molecular formula is C63H56N4O. The second kappa shape index (κ2) is 16.8. The molecule has 0 aliphatic carbocycles. The number of rotatable bonds is 8. The minimum absolute atomic E-state index is 0.0649. The van der Waals surface area contributed by atoms with Crippen LogP contribution in [0.15, 0.2) is 200 Å². The number of hydrogen-bond donors (Lipinski definition) is 0. The molecule has 1 aliphatic rings. The van der Waals surface area contributed by atoms with Crippen LogP contribution in [-0.2, 0) is 10.8 Å². The van der Waals surface area contributed by atoms with Crippen molar-refractivity contribution in [1.29, 1.82) is 0 Å². The standard InChI is InChI=1S/C63H56N4O/c1-42-32-61(64-40-56(42)45-22-15-10-16-23-45)67-57-30-26-46(43-18-11-8-12-19-43)33-55(57)54-29-28-53(39-59(54)67)68-52-25-17-24-50(38-52)65-41-66(51-36-48(62(2,3)4)35-49(37-51)63(5,6)7)58-31-27-47(34-60(58)65)44-20-13-9-14-21-44/h8-40H,41H2,1-7H3/i1D3,10D,15D,16D,22D,23D. The van der Waals surface area contributed by atoms with Gasteiger partial charge in [-0.15, -0.1) is 0 Å². The van der Waals surface area contributed by atoms with E-state index in [0.717, 1.165) is 61.3 Å². The van der Waals surface area contributed by atoms with Gasteiger partial charge in [0.15, 0.2) is 0 Å². The molecule has 0 spiro atoms. The molecule has 0 radical (unpaired) electrons. The van der Waals surface area contributed by atoms with Crippen LogP contribution >= 0.6 is 0 Å². The molecule has 5 heteroatoms. The summed E-state index contributed by atoms with van der Waals surface area (Å²) in [6.07, 6.45) is 1.30. The quantitative estimate of drug-likeness (QED) is 0.152. The van der Waals surface area contributed by atoms with Gasteiger partial charge in [-0.25, -0.2) is 4.98 Å². The average molecular weight is 893 g/mol. The molecule has 68 heavy (non-hydrogen) atoms. The maximum absolute atomic E-state index is 8.71. The second-order valence-corrected chi connectivity index (χ2v) is 19.6. The molecule has 0 amide bonds. The molecule has 11 rings (SSSR count). The number of pyridine rings is 1. The van der Waals surface area contributed by atoms with E-state index in [1.54, 1.807) is 0 Å². The van der Waals surface area contributed by atoms with Crippen LogP contribution in [0.3, 0.4) is 0 Å². The smallest absolute Gasteiger partial charge is 0.137 e. The summed E-state index contributed by atoms with van der Waals surface area (Å²) < 4.78 is 77.1. The highest BCUT2D eigenvalue weighted by Gasteiger charge is 2.31. The average Bonchev–Trinajstić information content (AvgIpc) is 4.06. The summed E-state index contributed by atoms with van der Waals surface area (Å²) in [6.45, 7) is 11.4. The molecule has 10 aromatic rings. The van der Waals surface area contributed by atoms with E-state index in [0.29, 0.717) is 23.7 Å². The molecule has 0 fully saturated rings. The minimum Gasteiger partial charge on any atom is -0.457 e. The van der Waals surface area contributed by atoms with Crippen molar-refractivity contribution in [3.63, 3.8) is 0 Å². The Morgan fingerprint density at radius 1 is 0.515 bits per heavy atom. The predicted octanol–water partition coefficient (Wildman–Crippen LogP) is 17.1. The number of anilines is 4. The van der Waals surface area contributed by atoms with E-state index in [1.165, 1.54) is 23.4 Å².